The van der Waals surface area contributed by atoms with Gasteiger partial charge in [-0.2, -0.15) is 0 Å². The lowest BCUT2D eigenvalue weighted by atomic mass is 9.79. The van der Waals surface area contributed by atoms with E-state index in [1.165, 1.54) is 0 Å². The van der Waals surface area contributed by atoms with Crippen LogP contribution >= 0.6 is 0 Å². The van der Waals surface area contributed by atoms with E-state index in [-0.39, 0.29) is 0 Å². The molecule has 0 spiro atoms. The quantitative estimate of drug-likeness (QED) is 0.200. The molecule has 0 saturated carbocycles. The van der Waals surface area contributed by atoms with Gasteiger partial charge >= 0.3 is 11.9 Å². The molecule has 0 bridgehead atoms. The molecule has 0 aromatic rings. The minimum Gasteiger partial charge on any atom is -0.479 e. The number of rotatable bonds is 7. The Morgan fingerprint density at radius 3 is 1.92 bits per heavy atom. The third kappa shape index (κ3) is 3.74. The highest BCUT2D eigenvalue weighted by atomic mass is 16.6. The first-order valence-corrected chi connectivity index (χ1v) is 6.94. The number of carboxylic acids is 2. The highest BCUT2D eigenvalue weighted by molar-refractivity contribution is 5.80. The summed E-state index contributed by atoms with van der Waals surface area (Å²) in [5, 5.41) is 95.0. The van der Waals surface area contributed by atoms with Crippen molar-refractivity contribution in [1.82, 2.24) is 0 Å². The average Bonchev–Trinajstić information content (AvgIpc) is 2.56. The van der Waals surface area contributed by atoms with Crippen molar-refractivity contribution in [2.75, 3.05) is 6.61 Å². The van der Waals surface area contributed by atoms with Gasteiger partial charge < -0.3 is 55.8 Å². The largest absolute Gasteiger partial charge is 0.479 e. The fourth-order valence-corrected chi connectivity index (χ4v) is 2.46. The van der Waals surface area contributed by atoms with E-state index in [1.807, 2.05) is 0 Å². The lowest BCUT2D eigenvalue weighted by Crippen LogP contribution is -2.72. The summed E-state index contributed by atoms with van der Waals surface area (Å²) in [6, 6.07) is 0. The van der Waals surface area contributed by atoms with Crippen LogP contribution in [0.1, 0.15) is 0 Å². The first-order valence-electron chi connectivity index (χ1n) is 6.94. The Kier molecular flexibility index (Phi) is 6.80. The Balaban J connectivity index is 3.27. The van der Waals surface area contributed by atoms with Gasteiger partial charge in [0.05, 0.1) is 6.61 Å². The molecule has 1 fully saturated rings. The van der Waals surface area contributed by atoms with Gasteiger partial charge in [0, 0.05) is 0 Å². The zero-order valence-electron chi connectivity index (χ0n) is 12.5. The molecular weight excluding hydrogens is 352 g/mol. The average molecular weight is 372 g/mol. The minimum atomic E-state index is -3.62. The normalized spacial score (nSPS) is 36.1. The number of ether oxygens (including phenoxy) is 1. The molecular formula is C12H20O13. The van der Waals surface area contributed by atoms with Gasteiger partial charge in [0.15, 0.2) is 6.10 Å². The highest BCUT2D eigenvalue weighted by Crippen LogP contribution is 2.32. The zero-order chi connectivity index (χ0) is 19.7. The van der Waals surface area contributed by atoms with Crippen molar-refractivity contribution in [2.45, 2.75) is 54.4 Å². The fraction of sp³-hybridized carbons (Fsp3) is 0.833. The molecule has 0 aliphatic carbocycles. The second kappa shape index (κ2) is 7.86. The van der Waals surface area contributed by atoms with Gasteiger partial charge in [0.1, 0.15) is 42.7 Å². The van der Waals surface area contributed by atoms with Crippen molar-refractivity contribution in [3.8, 4) is 0 Å². The van der Waals surface area contributed by atoms with Crippen LogP contribution in [0.4, 0.5) is 0 Å². The SMILES string of the molecule is O=C(O)[C@@H](O)[C@@H](O)[C@H](O)[C@@](O)(C(=O)O)C1O[C@H](CO)[C@H](O)[C@H](O)[C@H]1O. The predicted molar refractivity (Wildman–Crippen MR) is 72.0 cm³/mol. The number of carboxylic acid groups (broad SMARTS) is 2. The third-order valence-corrected chi connectivity index (χ3v) is 4.02. The van der Waals surface area contributed by atoms with Crippen LogP contribution in [0, 0.1) is 0 Å². The summed E-state index contributed by atoms with van der Waals surface area (Å²) in [6.45, 7) is -0.979. The maximum absolute atomic E-state index is 11.4. The van der Waals surface area contributed by atoms with Crippen molar-refractivity contribution >= 4 is 11.9 Å². The van der Waals surface area contributed by atoms with E-state index in [4.69, 9.17) is 14.9 Å². The Labute approximate surface area is 139 Å². The molecule has 1 aliphatic rings. The van der Waals surface area contributed by atoms with Crippen molar-refractivity contribution in [3.05, 3.63) is 0 Å². The number of aliphatic hydroxyl groups is 8. The summed E-state index contributed by atoms with van der Waals surface area (Å²) in [4.78, 5) is 22.1. The molecule has 146 valence electrons. The molecule has 1 unspecified atom stereocenters. The Bertz CT molecular complexity index is 495. The van der Waals surface area contributed by atoms with Crippen LogP contribution in [0.5, 0.6) is 0 Å². The summed E-state index contributed by atoms with van der Waals surface area (Å²) < 4.78 is 4.83. The summed E-state index contributed by atoms with van der Waals surface area (Å²) in [7, 11) is 0. The van der Waals surface area contributed by atoms with Gasteiger partial charge in [-0.1, -0.05) is 0 Å². The van der Waals surface area contributed by atoms with E-state index in [1.54, 1.807) is 0 Å². The van der Waals surface area contributed by atoms with Crippen molar-refractivity contribution < 1.29 is 65.4 Å². The monoisotopic (exact) mass is 372 g/mol. The maximum Gasteiger partial charge on any atom is 0.341 e. The van der Waals surface area contributed by atoms with E-state index < -0.39 is 73.0 Å². The zero-order valence-corrected chi connectivity index (χ0v) is 12.5. The van der Waals surface area contributed by atoms with E-state index in [2.05, 4.69) is 0 Å². The Morgan fingerprint density at radius 1 is 1.00 bits per heavy atom. The van der Waals surface area contributed by atoms with Gasteiger partial charge in [-0.05, 0) is 0 Å². The molecule has 9 atom stereocenters. The topological polar surface area (TPSA) is 246 Å². The minimum absolute atomic E-state index is 0.979. The molecule has 1 saturated heterocycles. The maximum atomic E-state index is 11.4. The lowest BCUT2D eigenvalue weighted by Gasteiger charge is -2.47. The fourth-order valence-electron chi connectivity index (χ4n) is 2.46. The van der Waals surface area contributed by atoms with Gasteiger partial charge in [-0.25, -0.2) is 9.59 Å². The van der Waals surface area contributed by atoms with Gasteiger partial charge in [0.2, 0.25) is 5.60 Å². The second-order valence-corrected chi connectivity index (χ2v) is 5.60. The molecule has 1 rings (SSSR count). The standard InChI is InChI=1S/C12H20O13/c13-1-2-3(14)4(15)6(17)9(25-2)12(24,11(22)23)8(19)5(16)7(18)10(20)21/h2-9,13-19,24H,1H2,(H,20,21)(H,22,23)/t2-,3+,4+,5-,6-,7+,8+,9?,12+/m1/s1. The van der Waals surface area contributed by atoms with Gasteiger partial charge in [-0.3, -0.25) is 0 Å². The van der Waals surface area contributed by atoms with Crippen LogP contribution < -0.4 is 0 Å². The predicted octanol–water partition coefficient (Wildman–Crippen LogP) is -6.19. The lowest BCUT2D eigenvalue weighted by molar-refractivity contribution is -0.290. The molecule has 13 nitrogen and oxygen atoms in total. The molecule has 0 aromatic carbocycles. The highest BCUT2D eigenvalue weighted by Gasteiger charge is 2.61. The molecule has 1 aliphatic heterocycles. The summed E-state index contributed by atoms with van der Waals surface area (Å²) in [5.41, 5.74) is -3.62. The summed E-state index contributed by atoms with van der Waals surface area (Å²) in [6.07, 6.45) is -18.7. The van der Waals surface area contributed by atoms with E-state index in [0.29, 0.717) is 0 Å². The molecule has 10 N–H and O–H groups in total. The molecule has 0 aromatic heterocycles. The Hall–Kier alpha value is -1.42. The van der Waals surface area contributed by atoms with Crippen LogP contribution in [-0.2, 0) is 14.3 Å². The van der Waals surface area contributed by atoms with E-state index >= 15 is 0 Å². The van der Waals surface area contributed by atoms with Crippen LogP contribution in [0.15, 0.2) is 0 Å². The van der Waals surface area contributed by atoms with Gasteiger partial charge in [-0.15, -0.1) is 0 Å². The van der Waals surface area contributed by atoms with E-state index in [0.717, 1.165) is 0 Å². The second-order valence-electron chi connectivity index (χ2n) is 5.60. The van der Waals surface area contributed by atoms with Crippen LogP contribution in [0.2, 0.25) is 0 Å². The van der Waals surface area contributed by atoms with Crippen LogP contribution in [-0.4, -0.2) is 124 Å². The third-order valence-electron chi connectivity index (χ3n) is 4.02. The number of hydrogen-bond acceptors (Lipinski definition) is 11. The molecule has 25 heavy (non-hydrogen) atoms. The van der Waals surface area contributed by atoms with Crippen molar-refractivity contribution in [2.24, 2.45) is 0 Å². The summed E-state index contributed by atoms with van der Waals surface area (Å²) >= 11 is 0. The van der Waals surface area contributed by atoms with Crippen LogP contribution in [0.3, 0.4) is 0 Å². The molecule has 0 amide bonds. The summed E-state index contributed by atoms with van der Waals surface area (Å²) in [5.74, 6) is -4.35. The Morgan fingerprint density at radius 2 is 1.52 bits per heavy atom. The molecule has 0 radical (unpaired) electrons. The number of hydrogen-bond donors (Lipinski definition) is 10. The van der Waals surface area contributed by atoms with Crippen molar-refractivity contribution in [1.29, 1.82) is 0 Å². The van der Waals surface area contributed by atoms with Crippen molar-refractivity contribution in [3.63, 3.8) is 0 Å². The number of aliphatic carboxylic acids is 2. The number of carbonyl (C=O) groups is 2. The van der Waals surface area contributed by atoms with E-state index in [9.17, 15) is 50.4 Å². The first kappa shape index (κ1) is 21.6. The van der Waals surface area contributed by atoms with Gasteiger partial charge in [0.25, 0.3) is 0 Å². The molecule has 1 heterocycles. The first-order chi connectivity index (χ1) is 11.4. The molecule has 13 heteroatoms. The number of aliphatic hydroxyl groups excluding tert-OH is 7. The van der Waals surface area contributed by atoms with Crippen LogP contribution in [0.25, 0.3) is 0 Å². The smallest absolute Gasteiger partial charge is 0.341 e.